The summed E-state index contributed by atoms with van der Waals surface area (Å²) in [5.74, 6) is 1.79. The van der Waals surface area contributed by atoms with Crippen molar-refractivity contribution in [2.75, 3.05) is 31.6 Å². The lowest BCUT2D eigenvalue weighted by atomic mass is 9.88. The van der Waals surface area contributed by atoms with Crippen LogP contribution < -0.4 is 4.90 Å². The van der Waals surface area contributed by atoms with Crippen LogP contribution in [0.4, 0.5) is 5.95 Å². The number of likely N-dealkylation sites (N-methyl/N-ethyl adjacent to an activating group) is 1. The van der Waals surface area contributed by atoms with Gasteiger partial charge in [-0.3, -0.25) is 4.90 Å². The highest BCUT2D eigenvalue weighted by Crippen LogP contribution is 2.37. The van der Waals surface area contributed by atoms with Gasteiger partial charge in [-0.1, -0.05) is 0 Å². The largest absolute Gasteiger partial charge is 0.468 e. The Morgan fingerprint density at radius 1 is 1.33 bits per heavy atom. The quantitative estimate of drug-likeness (QED) is 0.859. The van der Waals surface area contributed by atoms with Gasteiger partial charge in [-0.2, -0.15) is 0 Å². The molecule has 2 aromatic rings. The summed E-state index contributed by atoms with van der Waals surface area (Å²) >= 11 is 0. The van der Waals surface area contributed by atoms with E-state index in [4.69, 9.17) is 9.15 Å². The molecule has 0 aliphatic carbocycles. The Labute approximate surface area is 142 Å². The van der Waals surface area contributed by atoms with Crippen LogP contribution in [0.5, 0.6) is 0 Å². The van der Waals surface area contributed by atoms with E-state index in [9.17, 15) is 0 Å². The molecule has 2 aliphatic heterocycles. The molecular weight excluding hydrogens is 304 g/mol. The molecule has 4 heterocycles. The fraction of sp³-hybridized carbons (Fsp3) is 0.556. The number of nitrogens with zero attached hydrogens (tertiary/aromatic N) is 4. The molecule has 2 unspecified atom stereocenters. The number of likely N-dealkylation sites (tertiary alicyclic amines) is 1. The minimum atomic E-state index is -0.0431. The first kappa shape index (κ1) is 15.6. The first-order valence-electron chi connectivity index (χ1n) is 8.63. The lowest BCUT2D eigenvalue weighted by molar-refractivity contribution is -0.0545. The third-order valence-corrected chi connectivity index (χ3v) is 5.18. The summed E-state index contributed by atoms with van der Waals surface area (Å²) in [7, 11) is 2.06. The van der Waals surface area contributed by atoms with E-state index in [1.807, 2.05) is 18.2 Å². The molecule has 0 aromatic carbocycles. The molecule has 6 heteroatoms. The highest BCUT2D eigenvalue weighted by Gasteiger charge is 2.45. The summed E-state index contributed by atoms with van der Waals surface area (Å²) in [6, 6.07) is 6.17. The summed E-state index contributed by atoms with van der Waals surface area (Å²) in [6.07, 6.45) is 8.63. The molecule has 128 valence electrons. The highest BCUT2D eigenvalue weighted by molar-refractivity contribution is 5.30. The van der Waals surface area contributed by atoms with Gasteiger partial charge < -0.3 is 14.1 Å². The number of piperidine rings is 1. The van der Waals surface area contributed by atoms with E-state index in [1.54, 1.807) is 18.7 Å². The van der Waals surface area contributed by atoms with Crippen molar-refractivity contribution in [2.24, 2.45) is 0 Å². The van der Waals surface area contributed by atoms with E-state index in [2.05, 4.69) is 26.8 Å². The first-order chi connectivity index (χ1) is 11.7. The smallest absolute Gasteiger partial charge is 0.225 e. The van der Waals surface area contributed by atoms with Gasteiger partial charge in [0, 0.05) is 32.4 Å². The molecule has 0 N–H and O–H groups in total. The second kappa shape index (κ2) is 6.53. The second-order valence-corrected chi connectivity index (χ2v) is 6.91. The Bertz CT molecular complexity index is 648. The fourth-order valence-electron chi connectivity index (χ4n) is 3.94. The molecule has 4 rings (SSSR count). The predicted molar refractivity (Wildman–Crippen MR) is 90.7 cm³/mol. The van der Waals surface area contributed by atoms with Gasteiger partial charge in [0.1, 0.15) is 5.76 Å². The van der Waals surface area contributed by atoms with Crippen LogP contribution in [0.2, 0.25) is 0 Å². The van der Waals surface area contributed by atoms with Crippen LogP contribution in [0.3, 0.4) is 0 Å². The Morgan fingerprint density at radius 3 is 3.00 bits per heavy atom. The van der Waals surface area contributed by atoms with Gasteiger partial charge in [0.15, 0.2) is 0 Å². The van der Waals surface area contributed by atoms with Gasteiger partial charge in [0.2, 0.25) is 5.95 Å². The van der Waals surface area contributed by atoms with Gasteiger partial charge in [-0.05, 0) is 37.6 Å². The topological polar surface area (TPSA) is 54.6 Å². The summed E-state index contributed by atoms with van der Waals surface area (Å²) in [5, 5.41) is 0. The molecule has 2 aromatic heterocycles. The Kier molecular flexibility index (Phi) is 4.24. The maximum absolute atomic E-state index is 6.32. The lowest BCUT2D eigenvalue weighted by Crippen LogP contribution is -2.48. The Balaban J connectivity index is 1.41. The van der Waals surface area contributed by atoms with E-state index in [0.29, 0.717) is 6.04 Å². The van der Waals surface area contributed by atoms with Gasteiger partial charge in [-0.15, -0.1) is 0 Å². The molecule has 0 amide bonds. The van der Waals surface area contributed by atoms with Crippen molar-refractivity contribution in [1.82, 2.24) is 14.9 Å². The van der Waals surface area contributed by atoms with Crippen LogP contribution in [0.1, 0.15) is 25.0 Å². The van der Waals surface area contributed by atoms with Crippen LogP contribution in [0, 0.1) is 0 Å². The summed E-state index contributed by atoms with van der Waals surface area (Å²) in [5.41, 5.74) is -0.0431. The van der Waals surface area contributed by atoms with Crippen LogP contribution in [-0.2, 0) is 11.3 Å². The summed E-state index contributed by atoms with van der Waals surface area (Å²) < 4.78 is 11.8. The second-order valence-electron chi connectivity index (χ2n) is 6.91. The van der Waals surface area contributed by atoms with Crippen LogP contribution >= 0.6 is 0 Å². The molecule has 24 heavy (non-hydrogen) atoms. The van der Waals surface area contributed by atoms with Crippen LogP contribution in [0.15, 0.2) is 41.3 Å². The number of rotatable bonds is 4. The van der Waals surface area contributed by atoms with Gasteiger partial charge in [-0.25, -0.2) is 9.97 Å². The average molecular weight is 328 g/mol. The number of hydrogen-bond acceptors (Lipinski definition) is 6. The number of anilines is 1. The number of ether oxygens (including phenoxy) is 1. The molecule has 1 spiro atoms. The average Bonchev–Trinajstić information content (AvgIpc) is 3.26. The Hall–Kier alpha value is -1.92. The number of furan rings is 1. The standard InChI is InChI=1S/C18H24N4O2/c1-21(17-19-7-4-8-20-17)15-11-18(24-13-15)6-3-9-22(14-18)12-16-5-2-10-23-16/h2,4-5,7-8,10,15H,3,6,9,11-14H2,1H3. The van der Waals surface area contributed by atoms with Crippen molar-refractivity contribution in [1.29, 1.82) is 0 Å². The molecule has 6 nitrogen and oxygen atoms in total. The molecule has 0 radical (unpaired) electrons. The molecule has 0 saturated carbocycles. The maximum atomic E-state index is 6.32. The third-order valence-electron chi connectivity index (χ3n) is 5.18. The summed E-state index contributed by atoms with van der Waals surface area (Å²) in [4.78, 5) is 13.3. The lowest BCUT2D eigenvalue weighted by Gasteiger charge is -2.39. The van der Waals surface area contributed by atoms with Crippen molar-refractivity contribution in [3.63, 3.8) is 0 Å². The monoisotopic (exact) mass is 328 g/mol. The normalized spacial score (nSPS) is 27.6. The SMILES string of the molecule is CN(c1ncccn1)C1COC2(CCCN(Cc3ccco3)C2)C1. The highest BCUT2D eigenvalue weighted by atomic mass is 16.5. The van der Waals surface area contributed by atoms with Gasteiger partial charge >= 0.3 is 0 Å². The van der Waals surface area contributed by atoms with Gasteiger partial charge in [0.25, 0.3) is 0 Å². The minimum Gasteiger partial charge on any atom is -0.468 e. The molecule has 2 saturated heterocycles. The number of hydrogen-bond donors (Lipinski definition) is 0. The zero-order valence-electron chi connectivity index (χ0n) is 14.1. The molecule has 2 fully saturated rings. The van der Waals surface area contributed by atoms with E-state index >= 15 is 0 Å². The van der Waals surface area contributed by atoms with E-state index in [1.165, 1.54) is 6.42 Å². The minimum absolute atomic E-state index is 0.0431. The summed E-state index contributed by atoms with van der Waals surface area (Å²) in [6.45, 7) is 3.67. The molecule has 0 bridgehead atoms. The maximum Gasteiger partial charge on any atom is 0.225 e. The zero-order valence-corrected chi connectivity index (χ0v) is 14.1. The van der Waals surface area contributed by atoms with Crippen molar-refractivity contribution < 1.29 is 9.15 Å². The van der Waals surface area contributed by atoms with Crippen molar-refractivity contribution in [3.05, 3.63) is 42.6 Å². The van der Waals surface area contributed by atoms with Crippen LogP contribution in [0.25, 0.3) is 0 Å². The van der Waals surface area contributed by atoms with E-state index < -0.39 is 0 Å². The van der Waals surface area contributed by atoms with Crippen LogP contribution in [-0.4, -0.2) is 53.3 Å². The van der Waals surface area contributed by atoms with E-state index in [0.717, 1.165) is 50.8 Å². The van der Waals surface area contributed by atoms with Crippen molar-refractivity contribution in [3.8, 4) is 0 Å². The first-order valence-corrected chi connectivity index (χ1v) is 8.63. The van der Waals surface area contributed by atoms with E-state index in [-0.39, 0.29) is 5.60 Å². The fourth-order valence-corrected chi connectivity index (χ4v) is 3.94. The van der Waals surface area contributed by atoms with Crippen molar-refractivity contribution >= 4 is 5.95 Å². The number of aromatic nitrogens is 2. The molecular formula is C18H24N4O2. The zero-order chi connectivity index (χ0) is 16.4. The third kappa shape index (κ3) is 3.16. The van der Waals surface area contributed by atoms with Crippen molar-refractivity contribution in [2.45, 2.75) is 37.5 Å². The molecule has 2 atom stereocenters. The predicted octanol–water partition coefficient (Wildman–Crippen LogP) is 2.33. The van der Waals surface area contributed by atoms with Gasteiger partial charge in [0.05, 0.1) is 31.1 Å². The Morgan fingerprint density at radius 2 is 2.21 bits per heavy atom. The molecule has 2 aliphatic rings.